The van der Waals surface area contributed by atoms with Gasteiger partial charge in [-0.2, -0.15) is 5.26 Å². The standard InChI is InChI=1S/C15H27N3O/c1-4-13-10-19-8-7-18(13)14-5-6-15(9-14,11-16)17-12(2)3/h12-14,17H,4-10H2,1-3H3. The number of nitrogens with one attached hydrogen (secondary N) is 1. The van der Waals surface area contributed by atoms with Crippen LogP contribution >= 0.6 is 0 Å². The number of hydrogen-bond donors (Lipinski definition) is 1. The van der Waals surface area contributed by atoms with Crippen LogP contribution in [0.15, 0.2) is 0 Å². The summed E-state index contributed by atoms with van der Waals surface area (Å²) in [7, 11) is 0. The van der Waals surface area contributed by atoms with Crippen LogP contribution in [0.2, 0.25) is 0 Å². The Bertz CT molecular complexity index is 339. The third-order valence-electron chi connectivity index (χ3n) is 4.48. The van der Waals surface area contributed by atoms with Crippen molar-refractivity contribution in [3.8, 4) is 6.07 Å². The highest BCUT2D eigenvalue weighted by molar-refractivity contribution is 5.14. The highest BCUT2D eigenvalue weighted by Gasteiger charge is 2.43. The maximum atomic E-state index is 9.55. The second-order valence-electron chi connectivity index (χ2n) is 6.26. The minimum absolute atomic E-state index is 0.310. The molecule has 1 saturated heterocycles. The molecule has 0 aromatic carbocycles. The first kappa shape index (κ1) is 14.8. The molecule has 1 saturated carbocycles. The number of nitriles is 1. The third kappa shape index (κ3) is 3.28. The average molecular weight is 265 g/mol. The van der Waals surface area contributed by atoms with Crippen LogP contribution in [0.1, 0.15) is 46.5 Å². The largest absolute Gasteiger partial charge is 0.378 e. The maximum Gasteiger partial charge on any atom is 0.108 e. The van der Waals surface area contributed by atoms with Gasteiger partial charge in [0.25, 0.3) is 0 Å². The Morgan fingerprint density at radius 2 is 2.32 bits per heavy atom. The van der Waals surface area contributed by atoms with Gasteiger partial charge >= 0.3 is 0 Å². The molecule has 4 nitrogen and oxygen atoms in total. The van der Waals surface area contributed by atoms with Crippen LogP contribution in [0, 0.1) is 11.3 Å². The fourth-order valence-electron chi connectivity index (χ4n) is 3.62. The molecule has 0 bridgehead atoms. The van der Waals surface area contributed by atoms with Crippen molar-refractivity contribution >= 4 is 0 Å². The van der Waals surface area contributed by atoms with Crippen LogP contribution < -0.4 is 5.32 Å². The van der Waals surface area contributed by atoms with Crippen LogP contribution in [-0.2, 0) is 4.74 Å². The summed E-state index contributed by atoms with van der Waals surface area (Å²) in [6, 6.07) is 3.98. The Hall–Kier alpha value is -0.630. The van der Waals surface area contributed by atoms with Crippen molar-refractivity contribution in [3.63, 3.8) is 0 Å². The summed E-state index contributed by atoms with van der Waals surface area (Å²) in [6.45, 7) is 9.18. The Morgan fingerprint density at radius 1 is 1.53 bits per heavy atom. The molecule has 1 N–H and O–H groups in total. The highest BCUT2D eigenvalue weighted by Crippen LogP contribution is 2.35. The first-order chi connectivity index (χ1) is 9.10. The van der Waals surface area contributed by atoms with E-state index in [9.17, 15) is 5.26 Å². The molecule has 3 atom stereocenters. The van der Waals surface area contributed by atoms with Gasteiger partial charge in [-0.1, -0.05) is 6.92 Å². The zero-order chi connectivity index (χ0) is 13.9. The molecule has 0 amide bonds. The molecule has 2 fully saturated rings. The van der Waals surface area contributed by atoms with Crippen LogP contribution in [0.3, 0.4) is 0 Å². The van der Waals surface area contributed by atoms with E-state index in [4.69, 9.17) is 4.74 Å². The van der Waals surface area contributed by atoms with Gasteiger partial charge in [-0.05, 0) is 39.5 Å². The monoisotopic (exact) mass is 265 g/mol. The second-order valence-corrected chi connectivity index (χ2v) is 6.26. The van der Waals surface area contributed by atoms with Gasteiger partial charge in [0.15, 0.2) is 0 Å². The summed E-state index contributed by atoms with van der Waals surface area (Å²) in [5.41, 5.74) is -0.310. The molecular formula is C15H27N3O. The van der Waals surface area contributed by atoms with Crippen LogP contribution in [0.4, 0.5) is 0 Å². The predicted molar refractivity (Wildman–Crippen MR) is 75.9 cm³/mol. The van der Waals surface area contributed by atoms with E-state index in [0.717, 1.165) is 45.4 Å². The fourth-order valence-corrected chi connectivity index (χ4v) is 3.62. The second kappa shape index (κ2) is 6.21. The Labute approximate surface area is 117 Å². The van der Waals surface area contributed by atoms with E-state index in [1.807, 2.05) is 0 Å². The zero-order valence-corrected chi connectivity index (χ0v) is 12.5. The number of nitrogens with zero attached hydrogens (tertiary/aromatic N) is 2. The summed E-state index contributed by atoms with van der Waals surface area (Å²) in [4.78, 5) is 2.59. The molecular weight excluding hydrogens is 238 g/mol. The van der Waals surface area contributed by atoms with Gasteiger partial charge in [-0.3, -0.25) is 10.2 Å². The van der Waals surface area contributed by atoms with Crippen molar-refractivity contribution in [2.75, 3.05) is 19.8 Å². The number of hydrogen-bond acceptors (Lipinski definition) is 4. The lowest BCUT2D eigenvalue weighted by molar-refractivity contribution is -0.0296. The quantitative estimate of drug-likeness (QED) is 0.843. The predicted octanol–water partition coefficient (Wildman–Crippen LogP) is 1.91. The fraction of sp³-hybridized carbons (Fsp3) is 0.933. The zero-order valence-electron chi connectivity index (χ0n) is 12.5. The molecule has 0 aromatic heterocycles. The summed E-state index contributed by atoms with van der Waals surface area (Å²) >= 11 is 0. The van der Waals surface area contributed by atoms with Gasteiger partial charge in [0.05, 0.1) is 19.3 Å². The molecule has 2 aliphatic rings. The van der Waals surface area contributed by atoms with Gasteiger partial charge in [0, 0.05) is 24.7 Å². The van der Waals surface area contributed by atoms with Crippen LogP contribution in [-0.4, -0.2) is 48.3 Å². The van der Waals surface area contributed by atoms with E-state index in [0.29, 0.717) is 18.1 Å². The molecule has 2 rings (SSSR count). The Morgan fingerprint density at radius 3 is 2.95 bits per heavy atom. The van der Waals surface area contributed by atoms with Crippen molar-refractivity contribution in [1.29, 1.82) is 5.26 Å². The van der Waals surface area contributed by atoms with Gasteiger partial charge in [0.1, 0.15) is 5.54 Å². The molecule has 1 heterocycles. The molecule has 108 valence electrons. The Kier molecular flexibility index (Phi) is 4.83. The molecule has 19 heavy (non-hydrogen) atoms. The van der Waals surface area contributed by atoms with E-state index in [1.54, 1.807) is 0 Å². The smallest absolute Gasteiger partial charge is 0.108 e. The van der Waals surface area contributed by atoms with Crippen LogP contribution in [0.5, 0.6) is 0 Å². The summed E-state index contributed by atoms with van der Waals surface area (Å²) in [5, 5.41) is 13.0. The van der Waals surface area contributed by atoms with Crippen molar-refractivity contribution in [3.05, 3.63) is 0 Å². The van der Waals surface area contributed by atoms with Crippen molar-refractivity contribution in [1.82, 2.24) is 10.2 Å². The molecule has 0 spiro atoms. The maximum absolute atomic E-state index is 9.55. The molecule has 0 aromatic rings. The van der Waals surface area contributed by atoms with Crippen molar-refractivity contribution in [2.45, 2.75) is 70.1 Å². The Balaban J connectivity index is 2.02. The molecule has 1 aliphatic heterocycles. The first-order valence-corrected chi connectivity index (χ1v) is 7.62. The van der Waals surface area contributed by atoms with Gasteiger partial charge in [-0.25, -0.2) is 0 Å². The van der Waals surface area contributed by atoms with Gasteiger partial charge in [0.2, 0.25) is 0 Å². The van der Waals surface area contributed by atoms with Crippen molar-refractivity contribution in [2.24, 2.45) is 0 Å². The first-order valence-electron chi connectivity index (χ1n) is 7.62. The van der Waals surface area contributed by atoms with Crippen molar-refractivity contribution < 1.29 is 4.74 Å². The number of morpholine rings is 1. The van der Waals surface area contributed by atoms with E-state index in [2.05, 4.69) is 37.1 Å². The SMILES string of the molecule is CCC1COCCN1C1CCC(C#N)(NC(C)C)C1. The van der Waals surface area contributed by atoms with Gasteiger partial charge < -0.3 is 4.74 Å². The lowest BCUT2D eigenvalue weighted by atomic mass is 9.97. The topological polar surface area (TPSA) is 48.3 Å². The minimum Gasteiger partial charge on any atom is -0.378 e. The molecule has 4 heteroatoms. The number of ether oxygens (including phenoxy) is 1. The molecule has 0 radical (unpaired) electrons. The molecule has 3 unspecified atom stereocenters. The van der Waals surface area contributed by atoms with E-state index in [-0.39, 0.29) is 5.54 Å². The van der Waals surface area contributed by atoms with Crippen LogP contribution in [0.25, 0.3) is 0 Å². The minimum atomic E-state index is -0.310. The van der Waals surface area contributed by atoms with E-state index in [1.165, 1.54) is 0 Å². The van der Waals surface area contributed by atoms with E-state index >= 15 is 0 Å². The number of rotatable bonds is 4. The molecule has 1 aliphatic carbocycles. The third-order valence-corrected chi connectivity index (χ3v) is 4.48. The lowest BCUT2D eigenvalue weighted by Gasteiger charge is -2.40. The summed E-state index contributed by atoms with van der Waals surface area (Å²) in [6.07, 6.45) is 4.19. The summed E-state index contributed by atoms with van der Waals surface area (Å²) < 4.78 is 5.58. The van der Waals surface area contributed by atoms with Gasteiger partial charge in [-0.15, -0.1) is 0 Å². The average Bonchev–Trinajstić information content (AvgIpc) is 2.82. The van der Waals surface area contributed by atoms with E-state index < -0.39 is 0 Å². The normalized spacial score (nSPS) is 36.6. The lowest BCUT2D eigenvalue weighted by Crippen LogP contribution is -2.52. The summed E-state index contributed by atoms with van der Waals surface area (Å²) in [5.74, 6) is 0. The highest BCUT2D eigenvalue weighted by atomic mass is 16.5.